The fourth-order valence-electron chi connectivity index (χ4n) is 3.32. The van der Waals surface area contributed by atoms with Crippen molar-refractivity contribution in [1.29, 1.82) is 0 Å². The molecule has 0 heterocycles. The van der Waals surface area contributed by atoms with Crippen LogP contribution in [-0.4, -0.2) is 59.7 Å². The van der Waals surface area contributed by atoms with Crippen LogP contribution in [0.3, 0.4) is 0 Å². The van der Waals surface area contributed by atoms with E-state index in [0.29, 0.717) is 12.8 Å². The Morgan fingerprint density at radius 2 is 1.23 bits per heavy atom. The standard InChI is InChI=1S/C23H36F8O4/c1-4-6-7-8-9-11-20(24,25)22(28,29)23(30,31)21(26,27)12-10-13-35-18(34)17(3)14-19(5-2,15-32)16-33/h32-33H,3-16H2,1-2H3. The summed E-state index contributed by atoms with van der Waals surface area (Å²) in [5.41, 5.74) is -1.32. The Labute approximate surface area is 200 Å². The molecule has 0 aromatic carbocycles. The molecule has 0 bridgehead atoms. The molecule has 0 aromatic heterocycles. The SMILES string of the molecule is C=C(CC(CC)(CO)CO)C(=O)OCCCC(F)(F)C(F)(F)C(F)(F)C(F)(F)CCCCCCC. The average Bonchev–Trinajstić information content (AvgIpc) is 2.79. The van der Waals surface area contributed by atoms with Gasteiger partial charge in [0.2, 0.25) is 0 Å². The highest BCUT2D eigenvalue weighted by atomic mass is 19.4. The quantitative estimate of drug-likeness (QED) is 0.0865. The molecule has 0 spiro atoms. The fourth-order valence-corrected chi connectivity index (χ4v) is 3.32. The molecule has 0 aliphatic carbocycles. The van der Waals surface area contributed by atoms with Crippen LogP contribution in [0.25, 0.3) is 0 Å². The van der Waals surface area contributed by atoms with Gasteiger partial charge in [-0.3, -0.25) is 0 Å². The number of alkyl halides is 8. The number of carbonyl (C=O) groups excluding carboxylic acids is 1. The first-order valence-electron chi connectivity index (χ1n) is 11.6. The lowest BCUT2D eigenvalue weighted by atomic mass is 9.81. The molecule has 0 unspecified atom stereocenters. The van der Waals surface area contributed by atoms with Crippen LogP contribution < -0.4 is 0 Å². The van der Waals surface area contributed by atoms with Gasteiger partial charge in [0, 0.05) is 23.8 Å². The van der Waals surface area contributed by atoms with Crippen molar-refractivity contribution in [3.8, 4) is 0 Å². The van der Waals surface area contributed by atoms with Gasteiger partial charge in [-0.15, -0.1) is 0 Å². The van der Waals surface area contributed by atoms with Crippen molar-refractivity contribution in [2.45, 2.75) is 102 Å². The zero-order chi connectivity index (χ0) is 27.6. The van der Waals surface area contributed by atoms with E-state index in [2.05, 4.69) is 11.3 Å². The van der Waals surface area contributed by atoms with Gasteiger partial charge in [-0.2, -0.15) is 35.1 Å². The molecule has 0 saturated carbocycles. The molecule has 4 nitrogen and oxygen atoms in total. The molecule has 0 atom stereocenters. The van der Waals surface area contributed by atoms with Gasteiger partial charge in [0.05, 0.1) is 19.8 Å². The highest BCUT2D eigenvalue weighted by Crippen LogP contribution is 2.55. The topological polar surface area (TPSA) is 66.8 Å². The third-order valence-corrected chi connectivity index (χ3v) is 6.07. The molecule has 0 radical (unpaired) electrons. The highest BCUT2D eigenvalue weighted by Gasteiger charge is 2.79. The minimum Gasteiger partial charge on any atom is -0.462 e. The largest absolute Gasteiger partial charge is 0.462 e. The molecular weight excluding hydrogens is 492 g/mol. The van der Waals surface area contributed by atoms with Gasteiger partial charge < -0.3 is 14.9 Å². The zero-order valence-corrected chi connectivity index (χ0v) is 20.1. The van der Waals surface area contributed by atoms with E-state index in [1.807, 2.05) is 6.92 Å². The van der Waals surface area contributed by atoms with Crippen LogP contribution in [0, 0.1) is 5.41 Å². The highest BCUT2D eigenvalue weighted by molar-refractivity contribution is 5.87. The number of hydrogen-bond acceptors (Lipinski definition) is 4. The summed E-state index contributed by atoms with van der Waals surface area (Å²) >= 11 is 0. The Morgan fingerprint density at radius 3 is 1.66 bits per heavy atom. The number of carbonyl (C=O) groups is 1. The molecule has 0 aliphatic rings. The minimum atomic E-state index is -6.34. The molecule has 2 N–H and O–H groups in total. The molecular formula is C23H36F8O4. The third kappa shape index (κ3) is 8.58. The summed E-state index contributed by atoms with van der Waals surface area (Å²) in [6.07, 6.45) is -3.21. The van der Waals surface area contributed by atoms with Crippen LogP contribution >= 0.6 is 0 Å². The average molecular weight is 529 g/mol. The van der Waals surface area contributed by atoms with Crippen LogP contribution in [-0.2, 0) is 9.53 Å². The first kappa shape index (κ1) is 33.6. The second-order valence-electron chi connectivity index (χ2n) is 8.91. The summed E-state index contributed by atoms with van der Waals surface area (Å²) in [6.45, 7) is 4.96. The van der Waals surface area contributed by atoms with Crippen molar-refractivity contribution < 1.29 is 54.9 Å². The summed E-state index contributed by atoms with van der Waals surface area (Å²) in [7, 11) is 0. The van der Waals surface area contributed by atoms with E-state index in [9.17, 15) is 50.1 Å². The molecule has 0 aromatic rings. The Hall–Kier alpha value is -1.43. The third-order valence-electron chi connectivity index (χ3n) is 6.07. The van der Waals surface area contributed by atoms with E-state index >= 15 is 0 Å². The van der Waals surface area contributed by atoms with E-state index in [1.165, 1.54) is 0 Å². The maximum atomic E-state index is 14.0. The van der Waals surface area contributed by atoms with Gasteiger partial charge in [0.1, 0.15) is 0 Å². The van der Waals surface area contributed by atoms with Crippen LogP contribution in [0.2, 0.25) is 0 Å². The Bertz CT molecular complexity index is 656. The molecule has 0 fully saturated rings. The molecule has 208 valence electrons. The van der Waals surface area contributed by atoms with Gasteiger partial charge >= 0.3 is 29.7 Å². The summed E-state index contributed by atoms with van der Waals surface area (Å²) < 4.78 is 116. The zero-order valence-electron chi connectivity index (χ0n) is 20.1. The predicted molar refractivity (Wildman–Crippen MR) is 114 cm³/mol. The van der Waals surface area contributed by atoms with Crippen molar-refractivity contribution in [3.63, 3.8) is 0 Å². The lowest BCUT2D eigenvalue weighted by molar-refractivity contribution is -0.368. The normalized spacial score (nSPS) is 13.7. The van der Waals surface area contributed by atoms with E-state index in [0.717, 1.165) is 6.42 Å². The molecule has 0 aliphatic heterocycles. The van der Waals surface area contributed by atoms with Gasteiger partial charge in [-0.05, 0) is 25.7 Å². The maximum absolute atomic E-state index is 14.0. The number of aliphatic hydroxyl groups excluding tert-OH is 2. The predicted octanol–water partition coefficient (Wildman–Crippen LogP) is 6.54. The van der Waals surface area contributed by atoms with Gasteiger partial charge in [-0.1, -0.05) is 46.1 Å². The first-order valence-corrected chi connectivity index (χ1v) is 11.6. The number of halogens is 8. The number of unbranched alkanes of at least 4 members (excludes halogenated alkanes) is 4. The molecule has 35 heavy (non-hydrogen) atoms. The lowest BCUT2D eigenvalue weighted by Gasteiger charge is -2.37. The van der Waals surface area contributed by atoms with Crippen LogP contribution in [0.4, 0.5) is 35.1 Å². The van der Waals surface area contributed by atoms with Crippen LogP contribution in [0.15, 0.2) is 12.2 Å². The molecule has 0 amide bonds. The Kier molecular flexibility index (Phi) is 13.2. The molecule has 0 saturated heterocycles. The van der Waals surface area contributed by atoms with E-state index in [-0.39, 0.29) is 24.8 Å². The number of rotatable bonds is 19. The fraction of sp³-hybridized carbons (Fsp3) is 0.870. The number of ether oxygens (including phenoxy) is 1. The molecule has 12 heteroatoms. The summed E-state index contributed by atoms with van der Waals surface area (Å²) in [5, 5.41) is 18.7. The van der Waals surface area contributed by atoms with Crippen molar-refractivity contribution in [2.75, 3.05) is 19.8 Å². The van der Waals surface area contributed by atoms with Crippen molar-refractivity contribution in [3.05, 3.63) is 12.2 Å². The minimum absolute atomic E-state index is 0.0775. The van der Waals surface area contributed by atoms with Crippen molar-refractivity contribution in [2.24, 2.45) is 5.41 Å². The van der Waals surface area contributed by atoms with Gasteiger partial charge in [-0.25, -0.2) is 4.79 Å². The second-order valence-corrected chi connectivity index (χ2v) is 8.91. The second kappa shape index (κ2) is 13.8. The van der Waals surface area contributed by atoms with Crippen LogP contribution in [0.5, 0.6) is 0 Å². The maximum Gasteiger partial charge on any atom is 0.378 e. The monoisotopic (exact) mass is 528 g/mol. The summed E-state index contributed by atoms with van der Waals surface area (Å²) in [4.78, 5) is 11.9. The van der Waals surface area contributed by atoms with E-state index in [1.54, 1.807) is 6.92 Å². The molecule has 0 rings (SSSR count). The Morgan fingerprint density at radius 1 is 0.771 bits per heavy atom. The smallest absolute Gasteiger partial charge is 0.378 e. The van der Waals surface area contributed by atoms with E-state index < -0.39 is 80.6 Å². The van der Waals surface area contributed by atoms with Gasteiger partial charge in [0.15, 0.2) is 0 Å². The number of aliphatic hydroxyl groups is 2. The number of esters is 1. The van der Waals surface area contributed by atoms with Crippen LogP contribution in [0.1, 0.15) is 78.1 Å². The summed E-state index contributed by atoms with van der Waals surface area (Å²) in [6, 6.07) is 0. The number of hydrogen-bond donors (Lipinski definition) is 2. The van der Waals surface area contributed by atoms with Crippen molar-refractivity contribution >= 4 is 5.97 Å². The van der Waals surface area contributed by atoms with Gasteiger partial charge in [0.25, 0.3) is 0 Å². The summed E-state index contributed by atoms with van der Waals surface area (Å²) in [5.74, 6) is -24.6. The van der Waals surface area contributed by atoms with Crippen molar-refractivity contribution in [1.82, 2.24) is 0 Å². The first-order chi connectivity index (χ1) is 16.0. The lowest BCUT2D eigenvalue weighted by Crippen LogP contribution is -2.62. The Balaban J connectivity index is 4.98. The van der Waals surface area contributed by atoms with E-state index in [4.69, 9.17) is 0 Å².